The third-order valence-electron chi connectivity index (χ3n) is 4.51. The molecule has 1 N–H and O–H groups in total. The summed E-state index contributed by atoms with van der Waals surface area (Å²) in [5, 5.41) is 2.51. The second-order valence-electron chi connectivity index (χ2n) is 6.43. The second-order valence-corrected chi connectivity index (χ2v) is 6.43. The highest BCUT2D eigenvalue weighted by Gasteiger charge is 2.25. The molecule has 1 aliphatic rings. The van der Waals surface area contributed by atoms with E-state index in [1.54, 1.807) is 18.2 Å². The number of Topliss-reactive ketones (excluding diaryl/α,β-unsaturated/α-hetero) is 1. The maximum Gasteiger partial charge on any atom is 0.256 e. The lowest BCUT2D eigenvalue weighted by molar-refractivity contribution is 0.0851. The van der Waals surface area contributed by atoms with Crippen LogP contribution in [0.4, 0.5) is 14.6 Å². The summed E-state index contributed by atoms with van der Waals surface area (Å²) in [7, 11) is 2.02. The van der Waals surface area contributed by atoms with E-state index >= 15 is 0 Å². The summed E-state index contributed by atoms with van der Waals surface area (Å²) in [6.07, 6.45) is 1.56. The number of hydrogen-bond acceptors (Lipinski definition) is 4. The summed E-state index contributed by atoms with van der Waals surface area (Å²) in [5.74, 6) is -2.67. The van der Waals surface area contributed by atoms with Crippen molar-refractivity contribution in [3.63, 3.8) is 0 Å². The van der Waals surface area contributed by atoms with Crippen LogP contribution in [0.5, 0.6) is 0 Å². The van der Waals surface area contributed by atoms with Crippen molar-refractivity contribution in [2.45, 2.75) is 12.8 Å². The first-order valence-corrected chi connectivity index (χ1v) is 8.40. The summed E-state index contributed by atoms with van der Waals surface area (Å²) in [5.41, 5.74) is 0.264. The average Bonchev–Trinajstić information content (AvgIpc) is 2.64. The van der Waals surface area contributed by atoms with Crippen LogP contribution in [-0.4, -0.2) is 41.7 Å². The molecule has 3 rings (SSSR count). The van der Waals surface area contributed by atoms with Gasteiger partial charge in [-0.1, -0.05) is 6.07 Å². The molecule has 0 aliphatic carbocycles. The monoisotopic (exact) mass is 359 g/mol. The van der Waals surface area contributed by atoms with Gasteiger partial charge in [0.2, 0.25) is 0 Å². The molecular formula is C19H19F2N3O2. The fourth-order valence-electron chi connectivity index (χ4n) is 2.95. The minimum atomic E-state index is -1.10. The molecular weight excluding hydrogens is 340 g/mol. The third kappa shape index (κ3) is 4.11. The van der Waals surface area contributed by atoms with Gasteiger partial charge in [-0.05, 0) is 63.3 Å². The van der Waals surface area contributed by atoms with Gasteiger partial charge in [0.15, 0.2) is 17.4 Å². The molecule has 7 heteroatoms. The van der Waals surface area contributed by atoms with Crippen molar-refractivity contribution in [1.82, 2.24) is 9.88 Å². The number of nitrogens with one attached hydrogen (secondary N) is 1. The Balaban J connectivity index is 1.71. The Morgan fingerprint density at radius 2 is 1.85 bits per heavy atom. The van der Waals surface area contributed by atoms with Gasteiger partial charge in [-0.2, -0.15) is 0 Å². The molecule has 0 bridgehead atoms. The van der Waals surface area contributed by atoms with Gasteiger partial charge in [-0.3, -0.25) is 9.59 Å². The van der Waals surface area contributed by atoms with Gasteiger partial charge >= 0.3 is 0 Å². The van der Waals surface area contributed by atoms with Crippen LogP contribution in [0.1, 0.15) is 33.7 Å². The Kier molecular flexibility index (Phi) is 5.37. The number of aromatic nitrogens is 1. The molecule has 0 atom stereocenters. The van der Waals surface area contributed by atoms with Gasteiger partial charge in [-0.15, -0.1) is 0 Å². The van der Waals surface area contributed by atoms with Gasteiger partial charge in [-0.25, -0.2) is 13.8 Å². The van der Waals surface area contributed by atoms with Crippen LogP contribution in [0.3, 0.4) is 0 Å². The number of carbonyl (C=O) groups is 2. The number of likely N-dealkylation sites (tertiary alicyclic amines) is 1. The molecule has 1 saturated heterocycles. The van der Waals surface area contributed by atoms with E-state index in [1.165, 1.54) is 6.07 Å². The van der Waals surface area contributed by atoms with Crippen LogP contribution < -0.4 is 5.32 Å². The molecule has 1 amide bonds. The van der Waals surface area contributed by atoms with E-state index in [0.717, 1.165) is 38.1 Å². The summed E-state index contributed by atoms with van der Waals surface area (Å²) >= 11 is 0. The highest BCUT2D eigenvalue weighted by atomic mass is 19.2. The number of rotatable bonds is 4. The van der Waals surface area contributed by atoms with Crippen LogP contribution in [0.15, 0.2) is 36.4 Å². The van der Waals surface area contributed by atoms with Crippen LogP contribution >= 0.6 is 0 Å². The van der Waals surface area contributed by atoms with Crippen LogP contribution in [0, 0.1) is 17.6 Å². The first kappa shape index (κ1) is 18.1. The zero-order valence-corrected chi connectivity index (χ0v) is 14.3. The first-order chi connectivity index (χ1) is 12.4. The van der Waals surface area contributed by atoms with Crippen molar-refractivity contribution in [1.29, 1.82) is 0 Å². The van der Waals surface area contributed by atoms with E-state index in [-0.39, 0.29) is 23.1 Å². The predicted molar refractivity (Wildman–Crippen MR) is 93.1 cm³/mol. The molecule has 5 nitrogen and oxygen atoms in total. The number of benzene rings is 1. The van der Waals surface area contributed by atoms with Gasteiger partial charge in [0.05, 0.1) is 0 Å². The smallest absolute Gasteiger partial charge is 0.256 e. The molecule has 1 aromatic heterocycles. The number of piperidine rings is 1. The molecule has 1 fully saturated rings. The zero-order chi connectivity index (χ0) is 18.7. The Hall–Kier alpha value is -2.67. The largest absolute Gasteiger partial charge is 0.307 e. The Morgan fingerprint density at radius 3 is 2.54 bits per heavy atom. The lowest BCUT2D eigenvalue weighted by Crippen LogP contribution is -2.33. The molecule has 26 heavy (non-hydrogen) atoms. The Labute approximate surface area is 150 Å². The molecule has 0 spiro atoms. The van der Waals surface area contributed by atoms with Gasteiger partial charge in [0.1, 0.15) is 11.5 Å². The average molecular weight is 359 g/mol. The van der Waals surface area contributed by atoms with Gasteiger partial charge in [0, 0.05) is 11.5 Å². The Bertz CT molecular complexity index is 833. The quantitative estimate of drug-likeness (QED) is 0.852. The number of pyridine rings is 1. The second kappa shape index (κ2) is 7.70. The van der Waals surface area contributed by atoms with E-state index in [4.69, 9.17) is 0 Å². The van der Waals surface area contributed by atoms with Crippen LogP contribution in [0.2, 0.25) is 0 Å². The molecule has 2 heterocycles. The number of hydrogen-bond donors (Lipinski definition) is 1. The SMILES string of the molecule is CN1CCC(C(=O)c2cccc(NC(=O)c3ccc(F)c(F)c3)n2)CC1. The maximum absolute atomic E-state index is 13.3. The number of anilines is 1. The molecule has 0 saturated carbocycles. The summed E-state index contributed by atoms with van der Waals surface area (Å²) in [6.45, 7) is 1.73. The van der Waals surface area contributed by atoms with Crippen LogP contribution in [-0.2, 0) is 0 Å². The minimum absolute atomic E-state index is 0.0299. The number of carbonyl (C=O) groups excluding carboxylic acids is 2. The topological polar surface area (TPSA) is 62.3 Å². The number of ketones is 1. The fourth-order valence-corrected chi connectivity index (χ4v) is 2.95. The highest BCUT2D eigenvalue weighted by Crippen LogP contribution is 2.21. The number of amides is 1. The van der Waals surface area contributed by atoms with E-state index < -0.39 is 17.5 Å². The van der Waals surface area contributed by atoms with Crippen molar-refractivity contribution in [3.05, 3.63) is 59.3 Å². The van der Waals surface area contributed by atoms with Crippen LogP contribution in [0.25, 0.3) is 0 Å². The standard InChI is InChI=1S/C19H19F2N3O2/c1-24-9-7-12(8-10-24)18(25)16-3-2-4-17(22-16)23-19(26)13-5-6-14(20)15(21)11-13/h2-6,11-12H,7-10H2,1H3,(H,22,23,26). The van der Waals surface area contributed by atoms with E-state index in [9.17, 15) is 18.4 Å². The van der Waals surface area contributed by atoms with Crippen molar-refractivity contribution < 1.29 is 18.4 Å². The van der Waals surface area contributed by atoms with E-state index in [0.29, 0.717) is 5.69 Å². The Morgan fingerprint density at radius 1 is 1.12 bits per heavy atom. The van der Waals surface area contributed by atoms with Crippen molar-refractivity contribution >= 4 is 17.5 Å². The molecule has 0 unspecified atom stereocenters. The summed E-state index contributed by atoms with van der Waals surface area (Å²) in [4.78, 5) is 31.2. The number of nitrogens with zero attached hydrogens (tertiary/aromatic N) is 2. The minimum Gasteiger partial charge on any atom is -0.307 e. The van der Waals surface area contributed by atoms with Gasteiger partial charge in [0.25, 0.3) is 5.91 Å². The molecule has 136 valence electrons. The van der Waals surface area contributed by atoms with Crippen molar-refractivity contribution in [3.8, 4) is 0 Å². The highest BCUT2D eigenvalue weighted by molar-refractivity contribution is 6.04. The van der Waals surface area contributed by atoms with E-state index in [1.807, 2.05) is 7.05 Å². The first-order valence-electron chi connectivity index (χ1n) is 8.40. The van der Waals surface area contributed by atoms with Crippen molar-refractivity contribution in [2.75, 3.05) is 25.5 Å². The molecule has 1 aromatic carbocycles. The summed E-state index contributed by atoms with van der Waals surface area (Å²) < 4.78 is 26.2. The summed E-state index contributed by atoms with van der Waals surface area (Å²) in [6, 6.07) is 7.68. The third-order valence-corrected chi connectivity index (χ3v) is 4.51. The van der Waals surface area contributed by atoms with Gasteiger partial charge < -0.3 is 10.2 Å². The van der Waals surface area contributed by atoms with Crippen molar-refractivity contribution in [2.24, 2.45) is 5.92 Å². The number of halogens is 2. The van der Waals surface area contributed by atoms with E-state index in [2.05, 4.69) is 15.2 Å². The fraction of sp³-hybridized carbons (Fsp3) is 0.316. The molecule has 0 radical (unpaired) electrons. The maximum atomic E-state index is 13.3. The molecule has 2 aromatic rings. The normalized spacial score (nSPS) is 15.7. The zero-order valence-electron chi connectivity index (χ0n) is 14.3. The predicted octanol–water partition coefficient (Wildman–Crippen LogP) is 3.14. The lowest BCUT2D eigenvalue weighted by Gasteiger charge is -2.27. The lowest BCUT2D eigenvalue weighted by atomic mass is 9.91. The molecule has 1 aliphatic heterocycles.